The van der Waals surface area contributed by atoms with Crippen molar-refractivity contribution in [1.82, 2.24) is 14.9 Å². The summed E-state index contributed by atoms with van der Waals surface area (Å²) in [5.41, 5.74) is -0.349. The lowest BCUT2D eigenvalue weighted by Gasteiger charge is -2.16. The number of amidine groups is 1. The lowest BCUT2D eigenvalue weighted by atomic mass is 10.3. The highest BCUT2D eigenvalue weighted by molar-refractivity contribution is 5.80. The Balaban J connectivity index is 2.20. The van der Waals surface area contributed by atoms with Crippen LogP contribution in [0, 0.1) is 5.41 Å². The Hall–Kier alpha value is -1.85. The molecule has 1 saturated heterocycles. The number of nitrogens with zero attached hydrogens (tertiary/aromatic N) is 1. The van der Waals surface area contributed by atoms with Gasteiger partial charge in [0.05, 0.1) is 12.4 Å². The van der Waals surface area contributed by atoms with Gasteiger partial charge in [-0.2, -0.15) is 0 Å². The third kappa shape index (κ3) is 2.15. The molecular weight excluding hydrogens is 196 g/mol. The Morgan fingerprint density at radius 3 is 2.80 bits per heavy atom. The summed E-state index contributed by atoms with van der Waals surface area (Å²) in [5.74, 6) is 0.566. The number of hydrogen-bond acceptors (Lipinski definition) is 3. The molecule has 1 aliphatic heterocycles. The maximum atomic E-state index is 11.0. The Morgan fingerprint density at radius 2 is 2.20 bits per heavy atom. The van der Waals surface area contributed by atoms with Gasteiger partial charge in [-0.3, -0.25) is 15.2 Å². The highest BCUT2D eigenvalue weighted by atomic mass is 16.2. The fourth-order valence-corrected chi connectivity index (χ4v) is 1.72. The highest BCUT2D eigenvalue weighted by Gasteiger charge is 2.17. The molecule has 6 heteroatoms. The normalized spacial score (nSPS) is 16.0. The second-order valence-corrected chi connectivity index (χ2v) is 3.58. The highest BCUT2D eigenvalue weighted by Crippen LogP contribution is 2.11. The largest absolute Gasteiger partial charge is 0.355 e. The summed E-state index contributed by atoms with van der Waals surface area (Å²) in [4.78, 5) is 28.5. The molecule has 6 nitrogen and oxygen atoms in total. The zero-order chi connectivity index (χ0) is 10.8. The average Bonchev–Trinajstić information content (AvgIpc) is 2.50. The predicted octanol–water partition coefficient (Wildman–Crippen LogP) is -0.364. The molecule has 2 heterocycles. The molecule has 1 fully saturated rings. The summed E-state index contributed by atoms with van der Waals surface area (Å²) >= 11 is 0. The SMILES string of the molecule is N=C1CCCN1Cc1cc(=O)[nH]c(=O)[nH]1. The van der Waals surface area contributed by atoms with E-state index in [1.165, 1.54) is 6.07 Å². The fraction of sp³-hybridized carbons (Fsp3) is 0.444. The van der Waals surface area contributed by atoms with Gasteiger partial charge >= 0.3 is 5.69 Å². The van der Waals surface area contributed by atoms with Crippen LogP contribution in [-0.2, 0) is 6.54 Å². The maximum Gasteiger partial charge on any atom is 0.325 e. The maximum absolute atomic E-state index is 11.0. The minimum absolute atomic E-state index is 0.403. The minimum Gasteiger partial charge on any atom is -0.355 e. The molecule has 0 unspecified atom stereocenters. The molecule has 1 aromatic rings. The zero-order valence-electron chi connectivity index (χ0n) is 8.17. The molecule has 0 spiro atoms. The van der Waals surface area contributed by atoms with Gasteiger partial charge in [-0.1, -0.05) is 0 Å². The topological polar surface area (TPSA) is 92.8 Å². The number of likely N-dealkylation sites (tertiary alicyclic amines) is 1. The molecular formula is C9H12N4O2. The predicted molar refractivity (Wildman–Crippen MR) is 55.1 cm³/mol. The first-order valence-corrected chi connectivity index (χ1v) is 4.80. The van der Waals surface area contributed by atoms with Crippen LogP contribution in [0.5, 0.6) is 0 Å². The van der Waals surface area contributed by atoms with Crippen molar-refractivity contribution < 1.29 is 0 Å². The van der Waals surface area contributed by atoms with Crippen molar-refractivity contribution >= 4 is 5.84 Å². The molecule has 0 aliphatic carbocycles. The molecule has 3 N–H and O–H groups in total. The second kappa shape index (κ2) is 3.72. The Kier molecular flexibility index (Phi) is 2.40. The summed E-state index contributed by atoms with van der Waals surface area (Å²) < 4.78 is 0. The lowest BCUT2D eigenvalue weighted by Crippen LogP contribution is -2.29. The van der Waals surface area contributed by atoms with E-state index >= 15 is 0 Å². The van der Waals surface area contributed by atoms with Crippen LogP contribution in [0.15, 0.2) is 15.7 Å². The molecule has 80 valence electrons. The van der Waals surface area contributed by atoms with Gasteiger partial charge in [0.25, 0.3) is 5.56 Å². The van der Waals surface area contributed by atoms with Gasteiger partial charge < -0.3 is 9.88 Å². The van der Waals surface area contributed by atoms with Gasteiger partial charge in [0.2, 0.25) is 0 Å². The summed E-state index contributed by atoms with van der Waals surface area (Å²) in [5, 5.41) is 7.61. The minimum atomic E-state index is -0.497. The quantitative estimate of drug-likeness (QED) is 0.619. The summed E-state index contributed by atoms with van der Waals surface area (Å²) in [6.45, 7) is 1.24. The lowest BCUT2D eigenvalue weighted by molar-refractivity contribution is 0.438. The fourth-order valence-electron chi connectivity index (χ4n) is 1.72. The molecule has 0 saturated carbocycles. The molecule has 15 heavy (non-hydrogen) atoms. The Morgan fingerprint density at radius 1 is 1.40 bits per heavy atom. The van der Waals surface area contributed by atoms with Crippen molar-refractivity contribution in [3.05, 3.63) is 32.6 Å². The molecule has 2 rings (SSSR count). The van der Waals surface area contributed by atoms with Gasteiger partial charge in [-0.25, -0.2) is 4.79 Å². The molecule has 0 bridgehead atoms. The van der Waals surface area contributed by atoms with Crippen LogP contribution in [0.25, 0.3) is 0 Å². The van der Waals surface area contributed by atoms with Crippen molar-refractivity contribution in [2.75, 3.05) is 6.54 Å². The second-order valence-electron chi connectivity index (χ2n) is 3.58. The van der Waals surface area contributed by atoms with Crippen molar-refractivity contribution in [3.63, 3.8) is 0 Å². The van der Waals surface area contributed by atoms with Crippen LogP contribution in [0.4, 0.5) is 0 Å². The van der Waals surface area contributed by atoms with Crippen molar-refractivity contribution in [2.24, 2.45) is 0 Å². The van der Waals surface area contributed by atoms with E-state index in [-0.39, 0.29) is 0 Å². The van der Waals surface area contributed by atoms with E-state index in [0.29, 0.717) is 18.1 Å². The van der Waals surface area contributed by atoms with E-state index in [0.717, 1.165) is 19.4 Å². The van der Waals surface area contributed by atoms with Gasteiger partial charge in [0.15, 0.2) is 0 Å². The molecule has 0 amide bonds. The average molecular weight is 208 g/mol. The Labute approximate surface area is 85.5 Å². The molecule has 1 aromatic heterocycles. The van der Waals surface area contributed by atoms with Crippen molar-refractivity contribution in [3.8, 4) is 0 Å². The van der Waals surface area contributed by atoms with E-state index in [4.69, 9.17) is 5.41 Å². The summed E-state index contributed by atoms with van der Waals surface area (Å²) in [6, 6.07) is 1.35. The van der Waals surface area contributed by atoms with Crippen LogP contribution in [-0.4, -0.2) is 27.2 Å². The van der Waals surface area contributed by atoms with Gasteiger partial charge in [-0.05, 0) is 6.42 Å². The van der Waals surface area contributed by atoms with Crippen molar-refractivity contribution in [2.45, 2.75) is 19.4 Å². The zero-order valence-corrected chi connectivity index (χ0v) is 8.17. The number of H-pyrrole nitrogens is 2. The molecule has 0 atom stereocenters. The number of hydrogen-bond donors (Lipinski definition) is 3. The first-order valence-electron chi connectivity index (χ1n) is 4.80. The van der Waals surface area contributed by atoms with Gasteiger partial charge in [0.1, 0.15) is 0 Å². The summed E-state index contributed by atoms with van der Waals surface area (Å²) in [7, 11) is 0. The van der Waals surface area contributed by atoms with Crippen LogP contribution >= 0.6 is 0 Å². The number of aromatic nitrogens is 2. The van der Waals surface area contributed by atoms with E-state index in [1.807, 2.05) is 4.90 Å². The van der Waals surface area contributed by atoms with E-state index in [9.17, 15) is 9.59 Å². The number of nitrogens with one attached hydrogen (secondary N) is 3. The first-order chi connectivity index (χ1) is 7.15. The monoisotopic (exact) mass is 208 g/mol. The van der Waals surface area contributed by atoms with Crippen LogP contribution in [0.2, 0.25) is 0 Å². The van der Waals surface area contributed by atoms with Gasteiger partial charge in [-0.15, -0.1) is 0 Å². The van der Waals surface area contributed by atoms with Gasteiger partial charge in [0, 0.05) is 24.7 Å². The molecule has 0 radical (unpaired) electrons. The van der Waals surface area contributed by atoms with E-state index in [1.54, 1.807) is 0 Å². The van der Waals surface area contributed by atoms with E-state index in [2.05, 4.69) is 9.97 Å². The number of rotatable bonds is 2. The smallest absolute Gasteiger partial charge is 0.325 e. The van der Waals surface area contributed by atoms with Crippen molar-refractivity contribution in [1.29, 1.82) is 5.41 Å². The van der Waals surface area contributed by atoms with Crippen LogP contribution in [0.1, 0.15) is 18.5 Å². The first kappa shape index (κ1) is 9.70. The van der Waals surface area contributed by atoms with Crippen LogP contribution < -0.4 is 11.2 Å². The molecule has 0 aromatic carbocycles. The third-order valence-electron chi connectivity index (χ3n) is 2.40. The summed E-state index contributed by atoms with van der Waals surface area (Å²) in [6.07, 6.45) is 1.74. The number of aromatic amines is 2. The standard InChI is InChI=1S/C9H12N4O2/c10-7-2-1-3-13(7)5-6-4-8(14)12-9(15)11-6/h4,10H,1-3,5H2,(H2,11,12,14,15). The molecule has 1 aliphatic rings. The Bertz CT molecular complexity index is 459. The van der Waals surface area contributed by atoms with Crippen LogP contribution in [0.3, 0.4) is 0 Å². The van der Waals surface area contributed by atoms with E-state index < -0.39 is 11.2 Å². The third-order valence-corrected chi connectivity index (χ3v) is 2.40.